The Morgan fingerprint density at radius 1 is 1.07 bits per heavy atom. The number of nitrogens with one attached hydrogen (secondary N) is 1. The number of aromatic nitrogens is 1. The van der Waals surface area contributed by atoms with Crippen LogP contribution in [0.2, 0.25) is 0 Å². The van der Waals surface area contributed by atoms with E-state index in [1.165, 1.54) is 37.4 Å². The zero-order valence-electron chi connectivity index (χ0n) is 15.4. The molecule has 3 N–H and O–H groups in total. The van der Waals surface area contributed by atoms with Crippen molar-refractivity contribution in [3.8, 4) is 16.9 Å². The largest absolute Gasteiger partial charge is 0.506 e. The number of fused-ring (bicyclic) bond motifs is 1. The molecule has 0 saturated heterocycles. The first-order valence-electron chi connectivity index (χ1n) is 8.54. The van der Waals surface area contributed by atoms with Crippen LogP contribution in [0, 0.1) is 0 Å². The van der Waals surface area contributed by atoms with E-state index < -0.39 is 47.0 Å². The molecule has 0 spiro atoms. The van der Waals surface area contributed by atoms with E-state index in [1.54, 1.807) is 0 Å². The molecular formula is C20H15F3N2O5. The second-order valence-corrected chi connectivity index (χ2v) is 6.47. The highest BCUT2D eigenvalue weighted by atomic mass is 19.4. The van der Waals surface area contributed by atoms with Crippen molar-refractivity contribution >= 4 is 22.8 Å². The SMILES string of the molecule is Cn1c(=O)c(C(=O)NCC(=O)O)c(O)c2ccc(-c3ccc(C(F)(F)F)cc3)cc21. The van der Waals surface area contributed by atoms with Crippen molar-refractivity contribution in [3.63, 3.8) is 0 Å². The third-order valence-electron chi connectivity index (χ3n) is 4.54. The number of amides is 1. The van der Waals surface area contributed by atoms with Crippen molar-refractivity contribution in [2.45, 2.75) is 6.18 Å². The number of carboxylic acid groups (broad SMARTS) is 1. The van der Waals surface area contributed by atoms with Gasteiger partial charge in [-0.2, -0.15) is 13.2 Å². The summed E-state index contributed by atoms with van der Waals surface area (Å²) in [5, 5.41) is 21.3. The summed E-state index contributed by atoms with van der Waals surface area (Å²) in [7, 11) is 1.36. The van der Waals surface area contributed by atoms with Gasteiger partial charge in [0.15, 0.2) is 0 Å². The molecule has 2 aromatic carbocycles. The van der Waals surface area contributed by atoms with Gasteiger partial charge in [-0.05, 0) is 35.4 Å². The highest BCUT2D eigenvalue weighted by molar-refractivity contribution is 6.03. The molecule has 10 heteroatoms. The number of rotatable bonds is 4. The Labute approximate surface area is 167 Å². The summed E-state index contributed by atoms with van der Waals surface area (Å²) in [5.74, 6) is -2.97. The van der Waals surface area contributed by atoms with E-state index in [1.807, 2.05) is 5.32 Å². The summed E-state index contributed by atoms with van der Waals surface area (Å²) in [5.41, 5.74) is -1.06. The number of carbonyl (C=O) groups is 2. The van der Waals surface area contributed by atoms with Crippen molar-refractivity contribution in [1.82, 2.24) is 9.88 Å². The lowest BCUT2D eigenvalue weighted by Gasteiger charge is -2.13. The normalized spacial score (nSPS) is 11.5. The summed E-state index contributed by atoms with van der Waals surface area (Å²) in [6, 6.07) is 8.89. The van der Waals surface area contributed by atoms with E-state index in [9.17, 15) is 32.7 Å². The van der Waals surface area contributed by atoms with Gasteiger partial charge in [0, 0.05) is 12.4 Å². The topological polar surface area (TPSA) is 109 Å². The quantitative estimate of drug-likeness (QED) is 0.602. The van der Waals surface area contributed by atoms with Crippen LogP contribution < -0.4 is 10.9 Å². The number of carboxylic acids is 1. The third-order valence-corrected chi connectivity index (χ3v) is 4.54. The minimum absolute atomic E-state index is 0.147. The fraction of sp³-hybridized carbons (Fsp3) is 0.150. The summed E-state index contributed by atoms with van der Waals surface area (Å²) < 4.78 is 39.3. The predicted molar refractivity (Wildman–Crippen MR) is 101 cm³/mol. The van der Waals surface area contributed by atoms with Gasteiger partial charge in [-0.15, -0.1) is 0 Å². The molecule has 0 radical (unpaired) electrons. The number of hydrogen-bond donors (Lipinski definition) is 3. The molecule has 0 unspecified atom stereocenters. The van der Waals surface area contributed by atoms with Gasteiger partial charge in [0.25, 0.3) is 11.5 Å². The lowest BCUT2D eigenvalue weighted by molar-refractivity contribution is -0.137. The van der Waals surface area contributed by atoms with Gasteiger partial charge >= 0.3 is 12.1 Å². The lowest BCUT2D eigenvalue weighted by Crippen LogP contribution is -2.35. The van der Waals surface area contributed by atoms with Gasteiger partial charge in [-0.25, -0.2) is 0 Å². The molecule has 0 aliphatic rings. The van der Waals surface area contributed by atoms with Gasteiger partial charge in [0.1, 0.15) is 17.9 Å². The molecule has 30 heavy (non-hydrogen) atoms. The molecule has 0 bridgehead atoms. The van der Waals surface area contributed by atoms with Gasteiger partial charge in [-0.3, -0.25) is 14.4 Å². The summed E-state index contributed by atoms with van der Waals surface area (Å²) in [4.78, 5) is 35.3. The first kappa shape index (κ1) is 20.9. The van der Waals surface area contributed by atoms with E-state index in [0.717, 1.165) is 16.7 Å². The number of nitrogens with zero attached hydrogens (tertiary/aromatic N) is 1. The zero-order chi connectivity index (χ0) is 22.2. The van der Waals surface area contributed by atoms with Crippen LogP contribution in [0.15, 0.2) is 47.3 Å². The number of aromatic hydroxyl groups is 1. The van der Waals surface area contributed by atoms with Crippen molar-refractivity contribution < 1.29 is 33.0 Å². The van der Waals surface area contributed by atoms with Gasteiger partial charge < -0.3 is 20.1 Å². The third kappa shape index (κ3) is 3.84. The van der Waals surface area contributed by atoms with Crippen LogP contribution in [-0.4, -0.2) is 33.2 Å². The average Bonchev–Trinajstić information content (AvgIpc) is 2.69. The number of hydrogen-bond acceptors (Lipinski definition) is 4. The Bertz CT molecular complexity index is 1210. The monoisotopic (exact) mass is 420 g/mol. The van der Waals surface area contributed by atoms with Gasteiger partial charge in [-0.1, -0.05) is 18.2 Å². The fourth-order valence-electron chi connectivity index (χ4n) is 3.00. The molecule has 1 aromatic heterocycles. The van der Waals surface area contributed by atoms with Crippen LogP contribution in [-0.2, 0) is 18.0 Å². The standard InChI is InChI=1S/C20H15F3N2O5/c1-25-14-8-11(10-2-5-12(6-3-10)20(21,22)23)4-7-13(14)17(28)16(19(25)30)18(29)24-9-15(26)27/h2-8,28H,9H2,1H3,(H,24,29)(H,26,27). The number of pyridine rings is 1. The van der Waals surface area contributed by atoms with Crippen LogP contribution in [0.4, 0.5) is 13.2 Å². The van der Waals surface area contributed by atoms with Crippen molar-refractivity contribution in [1.29, 1.82) is 0 Å². The fourth-order valence-corrected chi connectivity index (χ4v) is 3.00. The van der Waals surface area contributed by atoms with Crippen molar-refractivity contribution in [3.05, 3.63) is 63.9 Å². The van der Waals surface area contributed by atoms with Crippen LogP contribution in [0.25, 0.3) is 22.0 Å². The summed E-state index contributed by atoms with van der Waals surface area (Å²) in [6.45, 7) is -0.730. The number of benzene rings is 2. The summed E-state index contributed by atoms with van der Waals surface area (Å²) >= 11 is 0. The number of aryl methyl sites for hydroxylation is 1. The highest BCUT2D eigenvalue weighted by Crippen LogP contribution is 2.33. The van der Waals surface area contributed by atoms with Gasteiger partial charge in [0.05, 0.1) is 11.1 Å². The number of aliphatic carboxylic acids is 1. The second-order valence-electron chi connectivity index (χ2n) is 6.47. The second kappa shape index (κ2) is 7.54. The maximum atomic E-state index is 12.7. The van der Waals surface area contributed by atoms with Crippen molar-refractivity contribution in [2.24, 2.45) is 7.05 Å². The van der Waals surface area contributed by atoms with Crippen LogP contribution in [0.5, 0.6) is 5.75 Å². The Hall–Kier alpha value is -3.82. The van der Waals surface area contributed by atoms with Gasteiger partial charge in [0.2, 0.25) is 0 Å². The maximum Gasteiger partial charge on any atom is 0.416 e. The predicted octanol–water partition coefficient (Wildman–Crippen LogP) is 2.74. The minimum atomic E-state index is -4.46. The molecule has 3 aromatic rings. The Kier molecular flexibility index (Phi) is 5.26. The van der Waals surface area contributed by atoms with E-state index in [-0.39, 0.29) is 10.9 Å². The number of carbonyl (C=O) groups excluding carboxylic acids is 1. The summed E-state index contributed by atoms with van der Waals surface area (Å²) in [6.07, 6.45) is -4.46. The lowest BCUT2D eigenvalue weighted by atomic mass is 10.0. The maximum absolute atomic E-state index is 12.7. The molecule has 3 rings (SSSR count). The molecule has 0 fully saturated rings. The van der Waals surface area contributed by atoms with E-state index in [0.29, 0.717) is 11.1 Å². The first-order chi connectivity index (χ1) is 14.0. The first-order valence-corrected chi connectivity index (χ1v) is 8.54. The molecule has 0 aliphatic heterocycles. The van der Waals surface area contributed by atoms with E-state index >= 15 is 0 Å². The number of halogens is 3. The van der Waals surface area contributed by atoms with Crippen molar-refractivity contribution in [2.75, 3.05) is 6.54 Å². The van der Waals surface area contributed by atoms with Crippen LogP contribution in [0.1, 0.15) is 15.9 Å². The molecular weight excluding hydrogens is 405 g/mol. The average molecular weight is 420 g/mol. The molecule has 0 saturated carbocycles. The Morgan fingerprint density at radius 2 is 1.67 bits per heavy atom. The molecule has 7 nitrogen and oxygen atoms in total. The zero-order valence-corrected chi connectivity index (χ0v) is 15.4. The molecule has 0 aliphatic carbocycles. The van der Waals surface area contributed by atoms with E-state index in [4.69, 9.17) is 5.11 Å². The molecule has 0 atom stereocenters. The molecule has 1 amide bonds. The number of alkyl halides is 3. The van der Waals surface area contributed by atoms with Crippen LogP contribution >= 0.6 is 0 Å². The molecule has 1 heterocycles. The Morgan fingerprint density at radius 3 is 2.23 bits per heavy atom. The smallest absolute Gasteiger partial charge is 0.416 e. The Balaban J connectivity index is 2.09. The minimum Gasteiger partial charge on any atom is -0.506 e. The van der Waals surface area contributed by atoms with E-state index in [2.05, 4.69) is 0 Å². The molecule has 156 valence electrons. The highest BCUT2D eigenvalue weighted by Gasteiger charge is 2.30. The van der Waals surface area contributed by atoms with Crippen LogP contribution in [0.3, 0.4) is 0 Å².